The monoisotopic (exact) mass is 214 g/mol. The molecule has 1 aromatic rings. The summed E-state index contributed by atoms with van der Waals surface area (Å²) in [5, 5.41) is 0. The number of para-hydroxylation sites is 1. The number of nitrogens with zero attached hydrogens (tertiary/aromatic N) is 1. The van der Waals surface area contributed by atoms with Crippen molar-refractivity contribution in [3.63, 3.8) is 0 Å². The van der Waals surface area contributed by atoms with E-state index in [0.717, 1.165) is 0 Å². The van der Waals surface area contributed by atoms with Crippen LogP contribution in [-0.4, -0.2) is 15.0 Å². The second-order valence-electron chi connectivity index (χ2n) is 2.54. The van der Waals surface area contributed by atoms with Crippen LogP contribution in [0.2, 0.25) is 0 Å². The van der Waals surface area contributed by atoms with E-state index in [1.54, 1.807) is 31.2 Å². The lowest BCUT2D eigenvalue weighted by molar-refractivity contribution is 0.574. The van der Waals surface area contributed by atoms with Crippen molar-refractivity contribution in [3.05, 3.63) is 30.3 Å². The fraction of sp³-hybridized carbons (Fsp3) is 0.250. The Hall–Kier alpha value is -1.11. The molecule has 0 heterocycles. The summed E-state index contributed by atoms with van der Waals surface area (Å²) in [6, 6.07) is 8.87. The largest absolute Gasteiger partial charge is 0.312 e. The van der Waals surface area contributed by atoms with E-state index in [0.29, 0.717) is 12.2 Å². The van der Waals surface area contributed by atoms with Gasteiger partial charge in [0.05, 0.1) is 5.69 Å². The Morgan fingerprint density at radius 1 is 1.29 bits per heavy atom. The molecule has 14 heavy (non-hydrogen) atoms. The van der Waals surface area contributed by atoms with Gasteiger partial charge in [-0.15, -0.1) is 0 Å². The van der Waals surface area contributed by atoms with Crippen molar-refractivity contribution in [3.8, 4) is 0 Å². The molecule has 0 aliphatic carbocycles. The van der Waals surface area contributed by atoms with E-state index in [1.807, 2.05) is 6.07 Å². The zero-order chi connectivity index (χ0) is 10.4. The van der Waals surface area contributed by atoms with Gasteiger partial charge in [-0.3, -0.25) is 5.43 Å². The molecule has 0 aliphatic heterocycles. The lowest BCUT2D eigenvalue weighted by Crippen LogP contribution is -2.34. The zero-order valence-electron chi connectivity index (χ0n) is 7.77. The molecule has 1 rings (SSSR count). The summed E-state index contributed by atoms with van der Waals surface area (Å²) in [6.07, 6.45) is 0. The minimum atomic E-state index is -3.57. The molecule has 0 aliphatic rings. The second-order valence-corrected chi connectivity index (χ2v) is 3.96. The average molecular weight is 214 g/mol. The lowest BCUT2D eigenvalue weighted by atomic mass is 10.3. The maximum atomic E-state index is 11.1. The van der Waals surface area contributed by atoms with Gasteiger partial charge in [0.2, 0.25) is 0 Å². The van der Waals surface area contributed by atoms with Crippen LogP contribution in [0, 0.1) is 0 Å². The Morgan fingerprint density at radius 2 is 1.93 bits per heavy atom. The van der Waals surface area contributed by atoms with Gasteiger partial charge in [-0.25, -0.2) is 0 Å². The second kappa shape index (κ2) is 4.94. The van der Waals surface area contributed by atoms with Crippen LogP contribution in [0.15, 0.2) is 30.3 Å². The summed E-state index contributed by atoms with van der Waals surface area (Å²) in [7, 11) is -3.57. The van der Waals surface area contributed by atoms with Gasteiger partial charge in [0.15, 0.2) is 0 Å². The van der Waals surface area contributed by atoms with E-state index < -0.39 is 10.2 Å². The number of nitrogens with one attached hydrogen (secondary N) is 2. The molecule has 0 amide bonds. The molecule has 2 N–H and O–H groups in total. The molecule has 0 unspecified atom stereocenters. The van der Waals surface area contributed by atoms with Gasteiger partial charge in [0, 0.05) is 11.4 Å². The molecule has 0 aromatic heterocycles. The summed E-state index contributed by atoms with van der Waals surface area (Å²) in [4.78, 5) is 3.33. The maximum Gasteiger partial charge on any atom is 0.312 e. The average Bonchev–Trinajstić information content (AvgIpc) is 2.17. The highest BCUT2D eigenvalue weighted by atomic mass is 32.2. The molecule has 1 radical (unpaired) electrons. The van der Waals surface area contributed by atoms with Crippen molar-refractivity contribution >= 4 is 15.9 Å². The van der Waals surface area contributed by atoms with E-state index in [9.17, 15) is 8.42 Å². The summed E-state index contributed by atoms with van der Waals surface area (Å²) in [6.45, 7) is 2.01. The Balaban J connectivity index is 2.49. The lowest BCUT2D eigenvalue weighted by Gasteiger charge is -2.05. The number of anilines is 1. The highest BCUT2D eigenvalue weighted by molar-refractivity contribution is 7.87. The first-order chi connectivity index (χ1) is 6.64. The Bertz CT molecular complexity index is 363. The van der Waals surface area contributed by atoms with E-state index in [2.05, 4.69) is 15.0 Å². The van der Waals surface area contributed by atoms with Crippen LogP contribution < -0.4 is 15.0 Å². The molecule has 0 saturated heterocycles. The quantitative estimate of drug-likeness (QED) is 0.700. The standard InChI is InChI=1S/C8H12N3O2S/c1-2-9-14(12,13)11-10-8-6-4-3-5-7-8/h3-7,9-10H,2H2,1H3. The smallest absolute Gasteiger partial charge is 0.288 e. The van der Waals surface area contributed by atoms with Gasteiger partial charge in [-0.05, 0) is 12.1 Å². The van der Waals surface area contributed by atoms with E-state index in [4.69, 9.17) is 0 Å². The van der Waals surface area contributed by atoms with Crippen LogP contribution in [0.25, 0.3) is 0 Å². The van der Waals surface area contributed by atoms with Gasteiger partial charge in [0.25, 0.3) is 0 Å². The molecule has 0 fully saturated rings. The molecule has 0 atom stereocenters. The van der Waals surface area contributed by atoms with Gasteiger partial charge in [0.1, 0.15) is 0 Å². The Labute approximate surface area is 83.7 Å². The molecule has 77 valence electrons. The van der Waals surface area contributed by atoms with Crippen LogP contribution in [0.4, 0.5) is 5.69 Å². The highest BCUT2D eigenvalue weighted by Gasteiger charge is 2.08. The summed E-state index contributed by atoms with van der Waals surface area (Å²) in [5.41, 5.74) is 3.08. The Morgan fingerprint density at radius 3 is 2.50 bits per heavy atom. The van der Waals surface area contributed by atoms with Crippen LogP contribution >= 0.6 is 0 Å². The van der Waals surface area contributed by atoms with E-state index in [1.165, 1.54) is 0 Å². The maximum absolute atomic E-state index is 11.1. The van der Waals surface area contributed by atoms with Crippen LogP contribution in [0.5, 0.6) is 0 Å². The normalized spacial score (nSPS) is 11.2. The van der Waals surface area contributed by atoms with E-state index >= 15 is 0 Å². The number of hydrogen-bond acceptors (Lipinski definition) is 3. The van der Waals surface area contributed by atoms with Crippen molar-refractivity contribution in [1.29, 1.82) is 0 Å². The van der Waals surface area contributed by atoms with E-state index in [-0.39, 0.29) is 0 Å². The molecular weight excluding hydrogens is 202 g/mol. The molecule has 0 saturated carbocycles. The van der Waals surface area contributed by atoms with Crippen molar-refractivity contribution in [2.24, 2.45) is 0 Å². The molecule has 0 bridgehead atoms. The Kier molecular flexibility index (Phi) is 3.87. The van der Waals surface area contributed by atoms with Gasteiger partial charge in [-0.2, -0.15) is 13.1 Å². The third-order valence-electron chi connectivity index (χ3n) is 1.40. The van der Waals surface area contributed by atoms with Crippen molar-refractivity contribution in [2.45, 2.75) is 6.92 Å². The summed E-state index contributed by atoms with van der Waals surface area (Å²) < 4.78 is 24.4. The zero-order valence-corrected chi connectivity index (χ0v) is 8.58. The third-order valence-corrected chi connectivity index (χ3v) is 2.38. The molecule has 5 nitrogen and oxygen atoms in total. The predicted molar refractivity (Wildman–Crippen MR) is 54.8 cm³/mol. The first kappa shape index (κ1) is 11.0. The fourth-order valence-electron chi connectivity index (χ4n) is 0.840. The van der Waals surface area contributed by atoms with Crippen molar-refractivity contribution in [2.75, 3.05) is 12.0 Å². The first-order valence-electron chi connectivity index (χ1n) is 4.16. The fourth-order valence-corrected chi connectivity index (χ4v) is 1.50. The first-order valence-corrected chi connectivity index (χ1v) is 5.61. The molecule has 1 aromatic carbocycles. The van der Waals surface area contributed by atoms with Crippen LogP contribution in [-0.2, 0) is 10.2 Å². The third kappa shape index (κ3) is 3.73. The van der Waals surface area contributed by atoms with Crippen LogP contribution in [0.1, 0.15) is 6.92 Å². The van der Waals surface area contributed by atoms with Gasteiger partial charge >= 0.3 is 10.2 Å². The summed E-state index contributed by atoms with van der Waals surface area (Å²) in [5.74, 6) is 0. The minimum absolute atomic E-state index is 0.322. The minimum Gasteiger partial charge on any atom is -0.288 e. The number of benzene rings is 1. The molecular formula is C8H12N3O2S. The highest BCUT2D eigenvalue weighted by Crippen LogP contribution is 2.03. The van der Waals surface area contributed by atoms with Gasteiger partial charge < -0.3 is 0 Å². The topological polar surface area (TPSA) is 72.3 Å². The van der Waals surface area contributed by atoms with Crippen LogP contribution in [0.3, 0.4) is 0 Å². The number of hydrogen-bond donors (Lipinski definition) is 2. The van der Waals surface area contributed by atoms with Crippen molar-refractivity contribution in [1.82, 2.24) is 9.55 Å². The molecule has 6 heteroatoms. The SMILES string of the molecule is CCNS(=O)(=O)[N]Nc1ccccc1. The van der Waals surface area contributed by atoms with Crippen molar-refractivity contribution < 1.29 is 8.42 Å². The number of rotatable bonds is 5. The molecule has 0 spiro atoms. The predicted octanol–water partition coefficient (Wildman–Crippen LogP) is 0.472. The summed E-state index contributed by atoms with van der Waals surface area (Å²) >= 11 is 0. The van der Waals surface area contributed by atoms with Gasteiger partial charge in [-0.1, -0.05) is 25.1 Å².